The van der Waals surface area contributed by atoms with Crippen LogP contribution in [0.1, 0.15) is 18.9 Å². The second-order valence-electron chi connectivity index (χ2n) is 2.91. The number of rotatable bonds is 3. The Labute approximate surface area is 81.3 Å². The van der Waals surface area contributed by atoms with E-state index in [1.807, 2.05) is 19.1 Å². The summed E-state index contributed by atoms with van der Waals surface area (Å²) in [5.41, 5.74) is 1.09. The first kappa shape index (κ1) is 10.5. The SMILES string of the molecule is CCC(F)(F)Sc1ccc(C)cc1. The molecular formula is C10H12F2S. The normalized spacial score (nSPS) is 11.7. The largest absolute Gasteiger partial charge is 0.297 e. The molecule has 0 amide bonds. The van der Waals surface area contributed by atoms with Crippen LogP contribution in [0.3, 0.4) is 0 Å². The van der Waals surface area contributed by atoms with Crippen molar-refractivity contribution in [2.75, 3.05) is 0 Å². The molecule has 0 aromatic heterocycles. The van der Waals surface area contributed by atoms with Crippen LogP contribution in [-0.2, 0) is 0 Å². The van der Waals surface area contributed by atoms with Gasteiger partial charge in [0.1, 0.15) is 0 Å². The molecule has 0 spiro atoms. The number of halogens is 2. The van der Waals surface area contributed by atoms with E-state index >= 15 is 0 Å². The fourth-order valence-electron chi connectivity index (χ4n) is 0.851. The van der Waals surface area contributed by atoms with Crippen molar-refractivity contribution in [3.8, 4) is 0 Å². The Morgan fingerprint density at radius 1 is 1.23 bits per heavy atom. The fraction of sp³-hybridized carbons (Fsp3) is 0.400. The zero-order valence-corrected chi connectivity index (χ0v) is 8.50. The van der Waals surface area contributed by atoms with Crippen molar-refractivity contribution in [2.24, 2.45) is 0 Å². The third-order valence-electron chi connectivity index (χ3n) is 1.70. The molecule has 0 unspecified atom stereocenters. The molecule has 0 aliphatic rings. The van der Waals surface area contributed by atoms with Gasteiger partial charge in [0, 0.05) is 11.3 Å². The summed E-state index contributed by atoms with van der Waals surface area (Å²) < 4.78 is 25.8. The van der Waals surface area contributed by atoms with Crippen LogP contribution in [0.25, 0.3) is 0 Å². The number of benzene rings is 1. The molecule has 0 aliphatic heterocycles. The quantitative estimate of drug-likeness (QED) is 0.665. The van der Waals surface area contributed by atoms with Crippen molar-refractivity contribution in [1.29, 1.82) is 0 Å². The van der Waals surface area contributed by atoms with Crippen LogP contribution in [0.15, 0.2) is 29.2 Å². The Balaban J connectivity index is 2.69. The van der Waals surface area contributed by atoms with Crippen molar-refractivity contribution in [3.05, 3.63) is 29.8 Å². The van der Waals surface area contributed by atoms with Crippen LogP contribution >= 0.6 is 11.8 Å². The molecular weight excluding hydrogens is 190 g/mol. The molecule has 0 atom stereocenters. The van der Waals surface area contributed by atoms with Gasteiger partial charge in [-0.15, -0.1) is 0 Å². The zero-order chi connectivity index (χ0) is 9.90. The summed E-state index contributed by atoms with van der Waals surface area (Å²) >= 11 is 0.621. The molecule has 0 radical (unpaired) electrons. The van der Waals surface area contributed by atoms with Gasteiger partial charge >= 0.3 is 0 Å². The smallest absolute Gasteiger partial charge is 0.194 e. The van der Waals surface area contributed by atoms with E-state index in [0.717, 1.165) is 5.56 Å². The monoisotopic (exact) mass is 202 g/mol. The molecule has 0 saturated heterocycles. The molecule has 0 aliphatic carbocycles. The molecule has 0 N–H and O–H groups in total. The highest BCUT2D eigenvalue weighted by Gasteiger charge is 2.27. The first-order chi connectivity index (χ1) is 6.03. The number of aryl methyl sites for hydroxylation is 1. The molecule has 3 heteroatoms. The summed E-state index contributed by atoms with van der Waals surface area (Å²) in [7, 11) is 0. The molecule has 0 heterocycles. The van der Waals surface area contributed by atoms with Gasteiger partial charge in [-0.1, -0.05) is 36.4 Å². The third kappa shape index (κ3) is 3.35. The average molecular weight is 202 g/mol. The summed E-state index contributed by atoms with van der Waals surface area (Å²) in [6.45, 7) is 3.42. The summed E-state index contributed by atoms with van der Waals surface area (Å²) in [4.78, 5) is 0.623. The maximum absolute atomic E-state index is 12.9. The Kier molecular flexibility index (Phi) is 3.31. The van der Waals surface area contributed by atoms with Gasteiger partial charge in [0.05, 0.1) is 0 Å². The van der Waals surface area contributed by atoms with Crippen molar-refractivity contribution in [2.45, 2.75) is 30.4 Å². The minimum atomic E-state index is -2.64. The lowest BCUT2D eigenvalue weighted by molar-refractivity contribution is 0.102. The van der Waals surface area contributed by atoms with E-state index < -0.39 is 5.25 Å². The predicted molar refractivity (Wildman–Crippen MR) is 52.3 cm³/mol. The molecule has 72 valence electrons. The summed E-state index contributed by atoms with van der Waals surface area (Å²) in [6.07, 6.45) is -0.133. The van der Waals surface area contributed by atoms with Crippen LogP contribution in [0.2, 0.25) is 0 Å². The van der Waals surface area contributed by atoms with Crippen molar-refractivity contribution < 1.29 is 8.78 Å². The molecule has 1 aromatic carbocycles. The van der Waals surface area contributed by atoms with Gasteiger partial charge in [-0.25, -0.2) is 0 Å². The van der Waals surface area contributed by atoms with Gasteiger partial charge in [0.2, 0.25) is 0 Å². The third-order valence-corrected chi connectivity index (χ3v) is 2.79. The second kappa shape index (κ2) is 4.09. The Hall–Kier alpha value is -0.570. The number of hydrogen-bond acceptors (Lipinski definition) is 1. The van der Waals surface area contributed by atoms with E-state index in [9.17, 15) is 8.78 Å². The van der Waals surface area contributed by atoms with E-state index in [1.54, 1.807) is 12.1 Å². The van der Waals surface area contributed by atoms with Crippen molar-refractivity contribution in [1.82, 2.24) is 0 Å². The molecule has 0 fully saturated rings. The van der Waals surface area contributed by atoms with Gasteiger partial charge in [0.15, 0.2) is 0 Å². The highest BCUT2D eigenvalue weighted by molar-refractivity contribution is 8.00. The van der Waals surface area contributed by atoms with Crippen LogP contribution in [-0.4, -0.2) is 5.25 Å². The predicted octanol–water partition coefficient (Wildman–Crippen LogP) is 4.09. The van der Waals surface area contributed by atoms with Crippen LogP contribution < -0.4 is 0 Å². The minimum Gasteiger partial charge on any atom is -0.194 e. The van der Waals surface area contributed by atoms with E-state index in [-0.39, 0.29) is 6.42 Å². The van der Waals surface area contributed by atoms with Gasteiger partial charge < -0.3 is 0 Å². The standard InChI is InChI=1S/C10H12F2S/c1-3-10(11,12)13-9-6-4-8(2)5-7-9/h4-7H,3H2,1-2H3. The topological polar surface area (TPSA) is 0 Å². The van der Waals surface area contributed by atoms with Crippen LogP contribution in [0.4, 0.5) is 8.78 Å². The van der Waals surface area contributed by atoms with Crippen molar-refractivity contribution in [3.63, 3.8) is 0 Å². The molecule has 0 bridgehead atoms. The second-order valence-corrected chi connectivity index (χ2v) is 4.18. The lowest BCUT2D eigenvalue weighted by atomic mass is 10.2. The summed E-state index contributed by atoms with van der Waals surface area (Å²) in [5.74, 6) is 0. The Bertz CT molecular complexity index is 267. The van der Waals surface area contributed by atoms with E-state index in [4.69, 9.17) is 0 Å². The van der Waals surface area contributed by atoms with Gasteiger partial charge in [-0.2, -0.15) is 8.78 Å². The average Bonchev–Trinajstić information content (AvgIpc) is 2.09. The molecule has 0 saturated carbocycles. The Morgan fingerprint density at radius 2 is 1.77 bits per heavy atom. The van der Waals surface area contributed by atoms with Crippen LogP contribution in [0, 0.1) is 6.92 Å². The van der Waals surface area contributed by atoms with Gasteiger partial charge in [-0.3, -0.25) is 0 Å². The van der Waals surface area contributed by atoms with E-state index in [0.29, 0.717) is 16.7 Å². The number of alkyl halides is 2. The van der Waals surface area contributed by atoms with E-state index in [1.165, 1.54) is 6.92 Å². The van der Waals surface area contributed by atoms with Crippen LogP contribution in [0.5, 0.6) is 0 Å². The van der Waals surface area contributed by atoms with Crippen molar-refractivity contribution >= 4 is 11.8 Å². The highest BCUT2D eigenvalue weighted by Crippen LogP contribution is 2.37. The number of hydrogen-bond donors (Lipinski definition) is 0. The maximum atomic E-state index is 12.9. The molecule has 1 aromatic rings. The van der Waals surface area contributed by atoms with Gasteiger partial charge in [-0.05, 0) is 19.1 Å². The summed E-state index contributed by atoms with van der Waals surface area (Å²) in [6, 6.07) is 7.13. The molecule has 13 heavy (non-hydrogen) atoms. The first-order valence-corrected chi connectivity index (χ1v) is 4.98. The van der Waals surface area contributed by atoms with Gasteiger partial charge in [0.25, 0.3) is 5.25 Å². The zero-order valence-electron chi connectivity index (χ0n) is 7.68. The Morgan fingerprint density at radius 3 is 2.23 bits per heavy atom. The van der Waals surface area contributed by atoms with E-state index in [2.05, 4.69) is 0 Å². The first-order valence-electron chi connectivity index (χ1n) is 4.17. The highest BCUT2D eigenvalue weighted by atomic mass is 32.2. The lowest BCUT2D eigenvalue weighted by Gasteiger charge is -2.12. The molecule has 0 nitrogen and oxygen atoms in total. The summed E-state index contributed by atoms with van der Waals surface area (Å²) in [5, 5.41) is -2.64. The number of thioether (sulfide) groups is 1. The lowest BCUT2D eigenvalue weighted by Crippen LogP contribution is -2.07. The maximum Gasteiger partial charge on any atom is 0.297 e. The molecule has 1 rings (SSSR count). The fourth-order valence-corrected chi connectivity index (χ4v) is 1.61. The minimum absolute atomic E-state index is 0.133.